The summed E-state index contributed by atoms with van der Waals surface area (Å²) in [4.78, 5) is 27.4. The van der Waals surface area contributed by atoms with Crippen molar-refractivity contribution in [1.29, 1.82) is 0 Å². The van der Waals surface area contributed by atoms with Gasteiger partial charge in [-0.1, -0.05) is 52.0 Å². The molecule has 5 nitrogen and oxygen atoms in total. The predicted molar refractivity (Wildman–Crippen MR) is 125 cm³/mol. The normalized spacial score (nSPS) is 12.4. The van der Waals surface area contributed by atoms with E-state index in [1.165, 1.54) is 22.6 Å². The quantitative estimate of drug-likeness (QED) is 0.605. The van der Waals surface area contributed by atoms with Gasteiger partial charge in [0.2, 0.25) is 5.91 Å². The molecule has 1 atom stereocenters. The molecule has 1 N–H and O–H groups in total. The van der Waals surface area contributed by atoms with Crippen molar-refractivity contribution in [1.82, 2.24) is 10.2 Å². The molecular weight excluding hydrogens is 407 g/mol. The molecular formula is C26H35FN2O3. The van der Waals surface area contributed by atoms with Gasteiger partial charge in [0, 0.05) is 12.6 Å². The molecule has 0 radical (unpaired) electrons. The molecule has 0 unspecified atom stereocenters. The Morgan fingerprint density at radius 2 is 1.62 bits per heavy atom. The minimum Gasteiger partial charge on any atom is -0.484 e. The second-order valence-electron chi connectivity index (χ2n) is 9.30. The van der Waals surface area contributed by atoms with Gasteiger partial charge < -0.3 is 15.0 Å². The first kappa shape index (κ1) is 25.4. The topological polar surface area (TPSA) is 58.6 Å². The third kappa shape index (κ3) is 7.36. The smallest absolute Gasteiger partial charge is 0.261 e. The van der Waals surface area contributed by atoms with Crippen LogP contribution in [0.4, 0.5) is 4.39 Å². The number of nitrogens with one attached hydrogen (secondary N) is 1. The number of carbonyl (C=O) groups is 2. The van der Waals surface area contributed by atoms with Crippen molar-refractivity contribution < 1.29 is 18.7 Å². The molecule has 2 rings (SSSR count). The maximum absolute atomic E-state index is 13.3. The summed E-state index contributed by atoms with van der Waals surface area (Å²) in [6.07, 6.45) is 0.450. The second kappa shape index (κ2) is 11.1. The van der Waals surface area contributed by atoms with Gasteiger partial charge in [-0.05, 0) is 61.1 Å². The van der Waals surface area contributed by atoms with Gasteiger partial charge in [0.25, 0.3) is 5.91 Å². The summed E-state index contributed by atoms with van der Waals surface area (Å²) in [5, 5.41) is 2.88. The molecule has 0 saturated carbocycles. The number of halogens is 1. The first-order valence-electron chi connectivity index (χ1n) is 11.1. The highest BCUT2D eigenvalue weighted by atomic mass is 19.1. The first-order chi connectivity index (χ1) is 15.0. The number of carbonyl (C=O) groups excluding carboxylic acids is 2. The van der Waals surface area contributed by atoms with Gasteiger partial charge in [0.05, 0.1) is 0 Å². The molecule has 6 heteroatoms. The molecule has 2 amide bonds. The Kier molecular flexibility index (Phi) is 8.81. The van der Waals surface area contributed by atoms with Crippen molar-refractivity contribution in [3.8, 4) is 5.75 Å². The molecule has 2 aromatic carbocycles. The summed E-state index contributed by atoms with van der Waals surface area (Å²) >= 11 is 0. The van der Waals surface area contributed by atoms with E-state index in [-0.39, 0.29) is 42.2 Å². The predicted octanol–water partition coefficient (Wildman–Crippen LogP) is 4.83. The van der Waals surface area contributed by atoms with E-state index in [1.807, 2.05) is 45.0 Å². The van der Waals surface area contributed by atoms with Crippen LogP contribution in [-0.4, -0.2) is 35.4 Å². The van der Waals surface area contributed by atoms with Crippen LogP contribution in [0, 0.1) is 5.82 Å². The Morgan fingerprint density at radius 1 is 1.03 bits per heavy atom. The molecule has 0 aliphatic heterocycles. The lowest BCUT2D eigenvalue weighted by Crippen LogP contribution is -2.51. The molecule has 2 aromatic rings. The Labute approximate surface area is 191 Å². The highest BCUT2D eigenvalue weighted by Crippen LogP contribution is 2.24. The average molecular weight is 443 g/mol. The molecule has 0 bridgehead atoms. The summed E-state index contributed by atoms with van der Waals surface area (Å²) in [5.41, 5.74) is 1.94. The number of amides is 2. The largest absolute Gasteiger partial charge is 0.484 e. The van der Waals surface area contributed by atoms with E-state index < -0.39 is 6.04 Å². The molecule has 0 fully saturated rings. The van der Waals surface area contributed by atoms with Gasteiger partial charge in [-0.15, -0.1) is 0 Å². The van der Waals surface area contributed by atoms with Crippen LogP contribution in [0.25, 0.3) is 0 Å². The van der Waals surface area contributed by atoms with Crippen LogP contribution in [0.1, 0.15) is 59.1 Å². The minimum atomic E-state index is -0.651. The fraction of sp³-hybridized carbons (Fsp3) is 0.462. The summed E-state index contributed by atoms with van der Waals surface area (Å²) in [6, 6.07) is 12.9. The van der Waals surface area contributed by atoms with Gasteiger partial charge in [-0.25, -0.2) is 4.39 Å². The number of rotatable bonds is 9. The molecule has 174 valence electrons. The molecule has 0 saturated heterocycles. The molecule has 0 aliphatic carbocycles. The summed E-state index contributed by atoms with van der Waals surface area (Å²) in [7, 11) is 0. The van der Waals surface area contributed by atoms with Crippen molar-refractivity contribution in [3.63, 3.8) is 0 Å². The number of nitrogens with zero attached hydrogens (tertiary/aromatic N) is 1. The summed E-state index contributed by atoms with van der Waals surface area (Å²) < 4.78 is 19.1. The van der Waals surface area contributed by atoms with Crippen LogP contribution in [0.5, 0.6) is 5.75 Å². The van der Waals surface area contributed by atoms with Gasteiger partial charge in [0.1, 0.15) is 17.6 Å². The summed E-state index contributed by atoms with van der Waals surface area (Å²) in [6.45, 7) is 12.0. The highest BCUT2D eigenvalue weighted by molar-refractivity contribution is 5.88. The van der Waals surface area contributed by atoms with Crippen LogP contribution in [0.3, 0.4) is 0 Å². The fourth-order valence-corrected chi connectivity index (χ4v) is 3.37. The third-order valence-electron chi connectivity index (χ3n) is 5.17. The Morgan fingerprint density at radius 3 is 2.12 bits per heavy atom. The van der Waals surface area contributed by atoms with Gasteiger partial charge in [-0.3, -0.25) is 9.59 Å². The second-order valence-corrected chi connectivity index (χ2v) is 9.30. The van der Waals surface area contributed by atoms with E-state index in [2.05, 4.69) is 26.1 Å². The molecule has 32 heavy (non-hydrogen) atoms. The standard InChI is InChI=1S/C26H35FN2O3/c1-7-23(25(31)28-18(2)3)29(16-19-8-12-21(27)13-9-19)24(30)17-32-22-14-10-20(11-15-22)26(4,5)6/h8-15,18,23H,7,16-17H2,1-6H3,(H,28,31)/t23-/m1/s1. The van der Waals surface area contributed by atoms with Crippen molar-refractivity contribution in [3.05, 3.63) is 65.5 Å². The van der Waals surface area contributed by atoms with E-state index in [4.69, 9.17) is 4.74 Å². The van der Waals surface area contributed by atoms with Crippen LogP contribution in [0.2, 0.25) is 0 Å². The van der Waals surface area contributed by atoms with Gasteiger partial charge in [0.15, 0.2) is 6.61 Å². The summed E-state index contributed by atoms with van der Waals surface area (Å²) in [5.74, 6) is -0.279. The van der Waals surface area contributed by atoms with Crippen LogP contribution in [0.15, 0.2) is 48.5 Å². The number of benzene rings is 2. The molecule has 0 spiro atoms. The number of ether oxygens (including phenoxy) is 1. The Balaban J connectivity index is 2.18. The van der Waals surface area contributed by atoms with Crippen molar-refractivity contribution in [2.24, 2.45) is 0 Å². The lowest BCUT2D eigenvalue weighted by Gasteiger charge is -2.31. The van der Waals surface area contributed by atoms with Crippen molar-refractivity contribution >= 4 is 11.8 Å². The zero-order valence-corrected chi connectivity index (χ0v) is 19.9. The number of hydrogen-bond acceptors (Lipinski definition) is 3. The number of hydrogen-bond donors (Lipinski definition) is 1. The lowest BCUT2D eigenvalue weighted by molar-refractivity contribution is -0.143. The van der Waals surface area contributed by atoms with E-state index in [0.717, 1.165) is 5.56 Å². The Bertz CT molecular complexity index is 887. The fourth-order valence-electron chi connectivity index (χ4n) is 3.37. The van der Waals surface area contributed by atoms with Crippen molar-refractivity contribution in [2.45, 2.75) is 72.0 Å². The van der Waals surface area contributed by atoms with Crippen LogP contribution < -0.4 is 10.1 Å². The maximum Gasteiger partial charge on any atom is 0.261 e. The maximum atomic E-state index is 13.3. The molecule has 0 aromatic heterocycles. The van der Waals surface area contributed by atoms with E-state index in [0.29, 0.717) is 12.2 Å². The minimum absolute atomic E-state index is 0.0262. The average Bonchev–Trinajstić information content (AvgIpc) is 2.72. The molecule has 0 heterocycles. The van der Waals surface area contributed by atoms with Crippen LogP contribution in [-0.2, 0) is 21.5 Å². The SMILES string of the molecule is CC[C@H](C(=O)NC(C)C)N(Cc1ccc(F)cc1)C(=O)COc1ccc(C(C)(C)C)cc1. The van der Waals surface area contributed by atoms with Gasteiger partial charge in [-0.2, -0.15) is 0 Å². The van der Waals surface area contributed by atoms with Crippen LogP contribution >= 0.6 is 0 Å². The van der Waals surface area contributed by atoms with Gasteiger partial charge >= 0.3 is 0 Å². The lowest BCUT2D eigenvalue weighted by atomic mass is 9.87. The van der Waals surface area contributed by atoms with E-state index in [9.17, 15) is 14.0 Å². The zero-order valence-electron chi connectivity index (χ0n) is 19.9. The molecule has 0 aliphatic rings. The van der Waals surface area contributed by atoms with E-state index >= 15 is 0 Å². The highest BCUT2D eigenvalue weighted by Gasteiger charge is 2.29. The van der Waals surface area contributed by atoms with E-state index in [1.54, 1.807) is 12.1 Å². The monoisotopic (exact) mass is 442 g/mol. The third-order valence-corrected chi connectivity index (χ3v) is 5.17. The van der Waals surface area contributed by atoms with Crippen molar-refractivity contribution in [2.75, 3.05) is 6.61 Å². The Hall–Kier alpha value is -2.89. The first-order valence-corrected chi connectivity index (χ1v) is 11.1. The zero-order chi connectivity index (χ0) is 23.9.